The molecule has 0 amide bonds. The Hall–Kier alpha value is -0.860. The van der Waals surface area contributed by atoms with E-state index in [1.165, 1.54) is 13.2 Å². The van der Waals surface area contributed by atoms with Gasteiger partial charge in [-0.2, -0.15) is 0 Å². The number of rotatable bonds is 5. The molecule has 0 radical (unpaired) electrons. The standard InChI is InChI=1S/C10H13F2NO3S2/c1-7-5-10(9(12)6-8(7)11)18(15,16)13-3-4-17(2)14/h5-6,13H,3-4H2,1-2H3. The van der Waals surface area contributed by atoms with Gasteiger partial charge in [-0.3, -0.25) is 4.21 Å². The molecule has 0 aliphatic rings. The summed E-state index contributed by atoms with van der Waals surface area (Å²) in [7, 11) is -5.20. The number of hydrogen-bond acceptors (Lipinski definition) is 3. The van der Waals surface area contributed by atoms with E-state index in [4.69, 9.17) is 0 Å². The molecule has 1 atom stereocenters. The van der Waals surface area contributed by atoms with Crippen LogP contribution in [0.1, 0.15) is 5.56 Å². The van der Waals surface area contributed by atoms with Crippen LogP contribution in [0.3, 0.4) is 0 Å². The third kappa shape index (κ3) is 3.82. The fourth-order valence-electron chi connectivity index (χ4n) is 1.23. The SMILES string of the molecule is Cc1cc(S(=O)(=O)NCCS(C)=O)c(F)cc1F. The zero-order chi connectivity index (χ0) is 13.9. The predicted molar refractivity (Wildman–Crippen MR) is 65.2 cm³/mol. The molecular weight excluding hydrogens is 284 g/mol. The lowest BCUT2D eigenvalue weighted by atomic mass is 10.2. The molecule has 0 saturated heterocycles. The fourth-order valence-corrected chi connectivity index (χ4v) is 2.93. The van der Waals surface area contributed by atoms with Gasteiger partial charge < -0.3 is 0 Å². The van der Waals surface area contributed by atoms with Crippen molar-refractivity contribution in [2.45, 2.75) is 11.8 Å². The predicted octanol–water partition coefficient (Wildman–Crippen LogP) is 0.930. The summed E-state index contributed by atoms with van der Waals surface area (Å²) in [6.07, 6.45) is 1.43. The van der Waals surface area contributed by atoms with Crippen LogP contribution in [-0.4, -0.2) is 31.2 Å². The number of hydrogen-bond donors (Lipinski definition) is 1. The second kappa shape index (κ2) is 5.85. The van der Waals surface area contributed by atoms with Gasteiger partial charge in [0.15, 0.2) is 0 Å². The average molecular weight is 297 g/mol. The van der Waals surface area contributed by atoms with Crippen molar-refractivity contribution in [1.82, 2.24) is 4.72 Å². The van der Waals surface area contributed by atoms with Crippen LogP contribution in [-0.2, 0) is 20.8 Å². The Labute approximate surface area is 107 Å². The summed E-state index contributed by atoms with van der Waals surface area (Å²) in [4.78, 5) is -0.608. The summed E-state index contributed by atoms with van der Waals surface area (Å²) in [5, 5.41) is 0. The van der Waals surface area contributed by atoms with Crippen LogP contribution in [0.5, 0.6) is 0 Å². The molecule has 1 aromatic rings. The third-order valence-corrected chi connectivity index (χ3v) is 4.44. The van der Waals surface area contributed by atoms with Crippen molar-refractivity contribution in [3.8, 4) is 0 Å². The minimum absolute atomic E-state index is 0.0378. The van der Waals surface area contributed by atoms with E-state index in [-0.39, 0.29) is 17.9 Å². The van der Waals surface area contributed by atoms with E-state index < -0.39 is 37.4 Å². The Bertz CT molecular complexity index is 573. The number of sulfonamides is 1. The first-order valence-electron chi connectivity index (χ1n) is 4.99. The molecule has 1 N–H and O–H groups in total. The van der Waals surface area contributed by atoms with Crippen LogP contribution in [0, 0.1) is 18.6 Å². The number of benzene rings is 1. The molecular formula is C10H13F2NO3S2. The van der Waals surface area contributed by atoms with Crippen molar-refractivity contribution in [2.75, 3.05) is 18.6 Å². The van der Waals surface area contributed by atoms with E-state index >= 15 is 0 Å². The van der Waals surface area contributed by atoms with E-state index in [1.807, 2.05) is 0 Å². The second-order valence-corrected chi connectivity index (χ2v) is 7.00. The van der Waals surface area contributed by atoms with Gasteiger partial charge >= 0.3 is 0 Å². The van der Waals surface area contributed by atoms with Crippen molar-refractivity contribution in [3.05, 3.63) is 29.3 Å². The molecule has 18 heavy (non-hydrogen) atoms. The van der Waals surface area contributed by atoms with Gasteiger partial charge in [0.25, 0.3) is 0 Å². The van der Waals surface area contributed by atoms with E-state index in [0.717, 1.165) is 6.07 Å². The molecule has 0 aliphatic heterocycles. The molecule has 0 heterocycles. The molecule has 1 unspecified atom stereocenters. The first-order valence-corrected chi connectivity index (χ1v) is 8.20. The highest BCUT2D eigenvalue weighted by Crippen LogP contribution is 2.18. The van der Waals surface area contributed by atoms with Crippen molar-refractivity contribution in [3.63, 3.8) is 0 Å². The van der Waals surface area contributed by atoms with E-state index in [2.05, 4.69) is 4.72 Å². The van der Waals surface area contributed by atoms with Crippen molar-refractivity contribution in [2.24, 2.45) is 0 Å². The monoisotopic (exact) mass is 297 g/mol. The molecule has 0 saturated carbocycles. The maximum absolute atomic E-state index is 13.4. The average Bonchev–Trinajstić information content (AvgIpc) is 2.22. The van der Waals surface area contributed by atoms with Crippen LogP contribution in [0.4, 0.5) is 8.78 Å². The third-order valence-electron chi connectivity index (χ3n) is 2.18. The van der Waals surface area contributed by atoms with Crippen LogP contribution in [0.25, 0.3) is 0 Å². The number of nitrogens with one attached hydrogen (secondary N) is 1. The van der Waals surface area contributed by atoms with E-state index in [1.54, 1.807) is 0 Å². The van der Waals surface area contributed by atoms with Crippen molar-refractivity contribution in [1.29, 1.82) is 0 Å². The highest BCUT2D eigenvalue weighted by atomic mass is 32.2. The Morgan fingerprint density at radius 2 is 1.89 bits per heavy atom. The Morgan fingerprint density at radius 1 is 1.28 bits per heavy atom. The van der Waals surface area contributed by atoms with Gasteiger partial charge in [0.05, 0.1) is 0 Å². The molecule has 0 aromatic heterocycles. The van der Waals surface area contributed by atoms with Gasteiger partial charge in [-0.25, -0.2) is 21.9 Å². The Balaban J connectivity index is 2.98. The lowest BCUT2D eigenvalue weighted by Gasteiger charge is -2.08. The summed E-state index contributed by atoms with van der Waals surface area (Å²) in [5.41, 5.74) is 0.0378. The van der Waals surface area contributed by atoms with Crippen molar-refractivity contribution < 1.29 is 21.4 Å². The van der Waals surface area contributed by atoms with E-state index in [9.17, 15) is 21.4 Å². The highest BCUT2D eigenvalue weighted by molar-refractivity contribution is 7.89. The summed E-state index contributed by atoms with van der Waals surface area (Å²) in [6, 6.07) is 1.46. The topological polar surface area (TPSA) is 63.2 Å². The fraction of sp³-hybridized carbons (Fsp3) is 0.400. The molecule has 0 aliphatic carbocycles. The molecule has 0 bridgehead atoms. The first kappa shape index (κ1) is 15.2. The zero-order valence-corrected chi connectivity index (χ0v) is 11.5. The molecule has 1 aromatic carbocycles. The highest BCUT2D eigenvalue weighted by Gasteiger charge is 2.20. The van der Waals surface area contributed by atoms with Gasteiger partial charge in [-0.1, -0.05) is 0 Å². The molecule has 1 rings (SSSR count). The molecule has 0 spiro atoms. The van der Waals surface area contributed by atoms with E-state index in [0.29, 0.717) is 6.07 Å². The molecule has 8 heteroatoms. The minimum atomic E-state index is -4.05. The second-order valence-electron chi connectivity index (χ2n) is 3.71. The Kier molecular flexibility index (Phi) is 4.94. The maximum Gasteiger partial charge on any atom is 0.243 e. The summed E-state index contributed by atoms with van der Waals surface area (Å²) >= 11 is 0. The first-order chi connectivity index (χ1) is 8.24. The van der Waals surface area contributed by atoms with Crippen LogP contribution >= 0.6 is 0 Å². The quantitative estimate of drug-likeness (QED) is 0.879. The van der Waals surface area contributed by atoms with Crippen LogP contribution in [0.2, 0.25) is 0 Å². The lowest BCUT2D eigenvalue weighted by molar-refractivity contribution is 0.541. The number of halogens is 2. The lowest BCUT2D eigenvalue weighted by Crippen LogP contribution is -2.28. The van der Waals surface area contributed by atoms with Crippen molar-refractivity contribution >= 4 is 20.8 Å². The molecule has 102 valence electrons. The maximum atomic E-state index is 13.4. The van der Waals surface area contributed by atoms with Gasteiger partial charge in [0, 0.05) is 35.4 Å². The van der Waals surface area contributed by atoms with Crippen LogP contribution in [0.15, 0.2) is 17.0 Å². The minimum Gasteiger partial charge on any atom is -0.260 e. The summed E-state index contributed by atoms with van der Waals surface area (Å²) in [5.74, 6) is -1.83. The normalized spacial score (nSPS) is 13.6. The summed E-state index contributed by atoms with van der Waals surface area (Å²) in [6.45, 7) is 1.27. The molecule has 0 fully saturated rings. The molecule has 4 nitrogen and oxygen atoms in total. The number of aryl methyl sites for hydroxylation is 1. The smallest absolute Gasteiger partial charge is 0.243 e. The van der Waals surface area contributed by atoms with Gasteiger partial charge in [0.2, 0.25) is 10.0 Å². The Morgan fingerprint density at radius 3 is 2.44 bits per heavy atom. The van der Waals surface area contributed by atoms with Crippen LogP contribution < -0.4 is 4.72 Å². The van der Waals surface area contributed by atoms with Gasteiger partial charge in [0.1, 0.15) is 16.5 Å². The zero-order valence-electron chi connectivity index (χ0n) is 9.87. The summed E-state index contributed by atoms with van der Waals surface area (Å²) < 4.78 is 62.7. The van der Waals surface area contributed by atoms with Gasteiger partial charge in [-0.05, 0) is 18.6 Å². The largest absolute Gasteiger partial charge is 0.260 e. The van der Waals surface area contributed by atoms with Gasteiger partial charge in [-0.15, -0.1) is 0 Å².